The maximum absolute atomic E-state index is 12.9. The number of nitrogens with zero attached hydrogens (tertiary/aromatic N) is 3. The molecule has 0 fully saturated rings. The second-order valence-electron chi connectivity index (χ2n) is 7.85. The van der Waals surface area contributed by atoms with Crippen LogP contribution in [0.4, 0.5) is 18.9 Å². The monoisotopic (exact) mass is 428 g/mol. The Kier molecular flexibility index (Phi) is 5.80. The molecule has 1 aliphatic rings. The molecule has 5 nitrogen and oxygen atoms in total. The molecular weight excluding hydrogens is 405 g/mol. The molecule has 1 aliphatic heterocycles. The van der Waals surface area contributed by atoms with Crippen molar-refractivity contribution in [1.82, 2.24) is 14.8 Å². The molecule has 1 aromatic heterocycles. The predicted octanol–water partition coefficient (Wildman–Crippen LogP) is 5.18. The number of alkyl halides is 3. The highest BCUT2D eigenvalue weighted by molar-refractivity contribution is 5.93. The second kappa shape index (κ2) is 8.53. The van der Waals surface area contributed by atoms with Crippen molar-refractivity contribution in [2.75, 3.05) is 5.32 Å². The van der Waals surface area contributed by atoms with Crippen molar-refractivity contribution in [3.05, 3.63) is 65.0 Å². The predicted molar refractivity (Wildman–Crippen MR) is 112 cm³/mol. The smallest absolute Gasteiger partial charge is 0.326 e. The Morgan fingerprint density at radius 1 is 1.10 bits per heavy atom. The minimum atomic E-state index is -4.44. The van der Waals surface area contributed by atoms with Crippen molar-refractivity contribution in [1.29, 1.82) is 0 Å². The van der Waals surface area contributed by atoms with E-state index >= 15 is 0 Å². The fourth-order valence-corrected chi connectivity index (χ4v) is 3.83. The highest BCUT2D eigenvalue weighted by Crippen LogP contribution is 2.30. The topological polar surface area (TPSA) is 59.8 Å². The van der Waals surface area contributed by atoms with Gasteiger partial charge in [-0.3, -0.25) is 4.79 Å². The Bertz CT molecular complexity index is 1100. The van der Waals surface area contributed by atoms with Crippen LogP contribution < -0.4 is 5.32 Å². The quantitative estimate of drug-likeness (QED) is 0.623. The first kappa shape index (κ1) is 21.1. The van der Waals surface area contributed by atoms with Crippen LogP contribution in [0.5, 0.6) is 0 Å². The number of amides is 1. The second-order valence-corrected chi connectivity index (χ2v) is 7.85. The van der Waals surface area contributed by atoms with Gasteiger partial charge >= 0.3 is 6.18 Å². The number of carbonyl (C=O) groups is 1. The van der Waals surface area contributed by atoms with Gasteiger partial charge in [0.05, 0.1) is 12.0 Å². The average Bonchev–Trinajstić information content (AvgIpc) is 2.97. The lowest BCUT2D eigenvalue weighted by Gasteiger charge is -2.13. The van der Waals surface area contributed by atoms with E-state index in [1.54, 1.807) is 0 Å². The number of aryl methyl sites for hydroxylation is 2. The SMILES string of the molecule is Cc1ccc(-c2nnc3n2CCCCC3)cc1NC(=O)Cc1cccc(C(F)(F)F)c1. The standard InChI is InChI=1S/C23H23F3N4O/c1-15-9-10-17(22-29-28-20-8-3-2-4-11-30(20)22)14-19(15)27-21(31)13-16-6-5-7-18(12-16)23(24,25)26/h5-7,9-10,12,14H,2-4,8,11,13H2,1H3,(H,27,31). The number of hydrogen-bond donors (Lipinski definition) is 1. The molecule has 0 bridgehead atoms. The van der Waals surface area contributed by atoms with Gasteiger partial charge in [-0.15, -0.1) is 10.2 Å². The van der Waals surface area contributed by atoms with Gasteiger partial charge < -0.3 is 9.88 Å². The van der Waals surface area contributed by atoms with E-state index in [0.717, 1.165) is 67.1 Å². The van der Waals surface area contributed by atoms with Crippen LogP contribution in [0.25, 0.3) is 11.4 Å². The van der Waals surface area contributed by atoms with E-state index < -0.39 is 11.7 Å². The number of halogens is 3. The van der Waals surface area contributed by atoms with Crippen LogP contribution in [-0.4, -0.2) is 20.7 Å². The van der Waals surface area contributed by atoms with E-state index in [1.807, 2.05) is 25.1 Å². The molecular formula is C23H23F3N4O. The van der Waals surface area contributed by atoms with E-state index in [1.165, 1.54) is 12.1 Å². The summed E-state index contributed by atoms with van der Waals surface area (Å²) in [4.78, 5) is 12.5. The van der Waals surface area contributed by atoms with Crippen molar-refractivity contribution >= 4 is 11.6 Å². The van der Waals surface area contributed by atoms with Gasteiger partial charge in [0.1, 0.15) is 5.82 Å². The third-order valence-corrected chi connectivity index (χ3v) is 5.50. The summed E-state index contributed by atoms with van der Waals surface area (Å²) in [6.45, 7) is 2.73. The Labute approximate surface area is 178 Å². The number of rotatable bonds is 4. The van der Waals surface area contributed by atoms with Crippen LogP contribution in [0.3, 0.4) is 0 Å². The maximum Gasteiger partial charge on any atom is 0.416 e. The number of nitrogens with one attached hydrogen (secondary N) is 1. The molecule has 0 saturated carbocycles. The zero-order valence-electron chi connectivity index (χ0n) is 17.2. The lowest BCUT2D eigenvalue weighted by molar-refractivity contribution is -0.137. The van der Waals surface area contributed by atoms with Crippen molar-refractivity contribution in [2.24, 2.45) is 0 Å². The summed E-state index contributed by atoms with van der Waals surface area (Å²) < 4.78 is 40.9. The van der Waals surface area contributed by atoms with Crippen LogP contribution in [0, 0.1) is 6.92 Å². The molecule has 0 radical (unpaired) electrons. The Balaban J connectivity index is 1.53. The number of anilines is 1. The fraction of sp³-hybridized carbons (Fsp3) is 0.348. The minimum absolute atomic E-state index is 0.145. The highest BCUT2D eigenvalue weighted by atomic mass is 19.4. The molecule has 8 heteroatoms. The first-order valence-electron chi connectivity index (χ1n) is 10.3. The molecule has 1 N–H and O–H groups in total. The molecule has 1 amide bonds. The zero-order valence-corrected chi connectivity index (χ0v) is 17.2. The summed E-state index contributed by atoms with van der Waals surface area (Å²) in [6.07, 6.45) is -0.345. The van der Waals surface area contributed by atoms with Gasteiger partial charge in [0.15, 0.2) is 5.82 Å². The maximum atomic E-state index is 12.9. The molecule has 0 aliphatic carbocycles. The van der Waals surface area contributed by atoms with E-state index in [-0.39, 0.29) is 12.3 Å². The van der Waals surface area contributed by atoms with E-state index in [2.05, 4.69) is 20.1 Å². The van der Waals surface area contributed by atoms with Gasteiger partial charge in [-0.1, -0.05) is 36.8 Å². The summed E-state index contributed by atoms with van der Waals surface area (Å²) >= 11 is 0. The number of benzene rings is 2. The molecule has 31 heavy (non-hydrogen) atoms. The van der Waals surface area contributed by atoms with Crippen LogP contribution in [0.15, 0.2) is 42.5 Å². The molecule has 0 unspecified atom stereocenters. The van der Waals surface area contributed by atoms with E-state index in [4.69, 9.17) is 0 Å². The van der Waals surface area contributed by atoms with E-state index in [0.29, 0.717) is 11.3 Å². The Hall–Kier alpha value is -3.16. The first-order chi connectivity index (χ1) is 14.8. The summed E-state index contributed by atoms with van der Waals surface area (Å²) in [5.41, 5.74) is 1.87. The number of carbonyl (C=O) groups excluding carboxylic acids is 1. The van der Waals surface area contributed by atoms with Gasteiger partial charge in [-0.2, -0.15) is 13.2 Å². The first-order valence-corrected chi connectivity index (χ1v) is 10.3. The van der Waals surface area contributed by atoms with Crippen molar-refractivity contribution in [3.63, 3.8) is 0 Å². The molecule has 162 valence electrons. The van der Waals surface area contributed by atoms with Crippen molar-refractivity contribution in [3.8, 4) is 11.4 Å². The largest absolute Gasteiger partial charge is 0.416 e. The van der Waals surface area contributed by atoms with E-state index in [9.17, 15) is 18.0 Å². The molecule has 3 aromatic rings. The number of hydrogen-bond acceptors (Lipinski definition) is 3. The van der Waals surface area contributed by atoms with Crippen molar-refractivity contribution in [2.45, 2.75) is 51.7 Å². The summed E-state index contributed by atoms with van der Waals surface area (Å²) in [5.74, 6) is 1.37. The van der Waals surface area contributed by atoms with Crippen LogP contribution >= 0.6 is 0 Å². The Morgan fingerprint density at radius 2 is 1.94 bits per heavy atom. The van der Waals surface area contributed by atoms with Crippen LogP contribution in [-0.2, 0) is 30.4 Å². The molecule has 2 aromatic carbocycles. The van der Waals surface area contributed by atoms with Crippen molar-refractivity contribution < 1.29 is 18.0 Å². The zero-order chi connectivity index (χ0) is 22.0. The lowest BCUT2D eigenvalue weighted by Crippen LogP contribution is -2.16. The van der Waals surface area contributed by atoms with Gasteiger partial charge in [-0.25, -0.2) is 0 Å². The molecule has 0 saturated heterocycles. The third kappa shape index (κ3) is 4.78. The van der Waals surface area contributed by atoms with Crippen LogP contribution in [0.1, 0.15) is 41.8 Å². The van der Waals surface area contributed by atoms with Crippen LogP contribution in [0.2, 0.25) is 0 Å². The summed E-state index contributed by atoms with van der Waals surface area (Å²) in [6, 6.07) is 10.5. The molecule has 0 spiro atoms. The van der Waals surface area contributed by atoms with Gasteiger partial charge in [0.25, 0.3) is 0 Å². The summed E-state index contributed by atoms with van der Waals surface area (Å²) in [7, 11) is 0. The normalized spacial score (nSPS) is 14.1. The highest BCUT2D eigenvalue weighted by Gasteiger charge is 2.30. The van der Waals surface area contributed by atoms with Gasteiger partial charge in [0, 0.05) is 24.2 Å². The molecule has 4 rings (SSSR count). The summed E-state index contributed by atoms with van der Waals surface area (Å²) in [5, 5.41) is 11.5. The van der Waals surface area contributed by atoms with Gasteiger partial charge in [0.2, 0.25) is 5.91 Å². The average molecular weight is 428 g/mol. The third-order valence-electron chi connectivity index (χ3n) is 5.50. The van der Waals surface area contributed by atoms with Gasteiger partial charge in [-0.05, 0) is 43.0 Å². The minimum Gasteiger partial charge on any atom is -0.326 e. The lowest BCUT2D eigenvalue weighted by atomic mass is 10.1. The molecule has 0 atom stereocenters. The Morgan fingerprint density at radius 3 is 2.74 bits per heavy atom. The fourth-order valence-electron chi connectivity index (χ4n) is 3.83. The number of aromatic nitrogens is 3. The number of fused-ring (bicyclic) bond motifs is 1. The molecule has 2 heterocycles.